The van der Waals surface area contributed by atoms with E-state index in [2.05, 4.69) is 15.5 Å². The Hall–Kier alpha value is -2.60. The summed E-state index contributed by atoms with van der Waals surface area (Å²) in [6, 6.07) is 13.0. The molecule has 0 radical (unpaired) electrons. The molecule has 1 amide bonds. The van der Waals surface area contributed by atoms with E-state index in [1.54, 1.807) is 23.6 Å². The Balaban J connectivity index is 1.44. The van der Waals surface area contributed by atoms with Crippen molar-refractivity contribution < 1.29 is 13.2 Å². The Labute approximate surface area is 207 Å². The van der Waals surface area contributed by atoms with Gasteiger partial charge in [0.05, 0.1) is 4.90 Å². The van der Waals surface area contributed by atoms with Crippen LogP contribution < -0.4 is 11.1 Å². The molecule has 2 heterocycles. The zero-order valence-electron chi connectivity index (χ0n) is 18.5. The van der Waals surface area contributed by atoms with E-state index in [0.717, 1.165) is 18.4 Å². The van der Waals surface area contributed by atoms with Crippen LogP contribution in [0.15, 0.2) is 58.6 Å². The maximum atomic E-state index is 12.9. The first-order valence-electron chi connectivity index (χ1n) is 10.7. The fourth-order valence-electron chi connectivity index (χ4n) is 3.66. The normalized spacial score (nSPS) is 15.4. The quantitative estimate of drug-likeness (QED) is 0.433. The third-order valence-corrected chi connectivity index (χ3v) is 8.87. The molecule has 0 aliphatic carbocycles. The average Bonchev–Trinajstić information content (AvgIpc) is 3.49. The maximum Gasteiger partial charge on any atom is 0.247 e. The van der Waals surface area contributed by atoms with Gasteiger partial charge < -0.3 is 11.1 Å². The van der Waals surface area contributed by atoms with Crippen molar-refractivity contribution in [2.75, 3.05) is 24.1 Å². The summed E-state index contributed by atoms with van der Waals surface area (Å²) >= 11 is 7.61. The number of halogens is 1. The number of rotatable bonds is 8. The predicted molar refractivity (Wildman–Crippen MR) is 133 cm³/mol. The molecule has 1 aliphatic heterocycles. The van der Waals surface area contributed by atoms with Gasteiger partial charge in [0.15, 0.2) is 5.16 Å². The zero-order chi connectivity index (χ0) is 24.3. The molecular weight excluding hydrogens is 496 g/mol. The highest BCUT2D eigenvalue weighted by molar-refractivity contribution is 7.98. The van der Waals surface area contributed by atoms with Crippen LogP contribution in [0.25, 0.3) is 0 Å². The highest BCUT2D eigenvalue weighted by atomic mass is 35.5. The standard InChI is InChI=1S/C22H25ClN6O3S2/c1-15(29-21(24)26-27-22(29)33-14-16-6-2-3-7-19(16)23)20(30)25-17-8-10-18(11-9-17)34(31,32)28-12-4-5-13-28/h2-3,6-11,15H,4-5,12-14H2,1H3,(H2,24,26)(H,25,30). The number of nitrogens with two attached hydrogens (primary N) is 1. The molecule has 3 aromatic rings. The number of carbonyl (C=O) groups is 1. The molecule has 1 saturated heterocycles. The molecule has 34 heavy (non-hydrogen) atoms. The molecule has 4 rings (SSSR count). The lowest BCUT2D eigenvalue weighted by atomic mass is 10.2. The van der Waals surface area contributed by atoms with Gasteiger partial charge in [-0.05, 0) is 55.7 Å². The van der Waals surface area contributed by atoms with Gasteiger partial charge in [-0.15, -0.1) is 10.2 Å². The number of hydrogen-bond acceptors (Lipinski definition) is 7. The second kappa shape index (κ2) is 10.3. The van der Waals surface area contributed by atoms with Crippen LogP contribution in [0, 0.1) is 0 Å². The molecule has 1 fully saturated rings. The molecule has 3 N–H and O–H groups in total. The number of aromatic nitrogens is 3. The molecule has 0 saturated carbocycles. The van der Waals surface area contributed by atoms with Crippen molar-refractivity contribution in [3.8, 4) is 0 Å². The van der Waals surface area contributed by atoms with E-state index in [1.807, 2.05) is 24.3 Å². The van der Waals surface area contributed by atoms with Crippen LogP contribution in [0.2, 0.25) is 5.02 Å². The SMILES string of the molecule is CC(C(=O)Nc1ccc(S(=O)(=O)N2CCCC2)cc1)n1c(N)nnc1SCc1ccccc1Cl. The minimum Gasteiger partial charge on any atom is -0.368 e. The van der Waals surface area contributed by atoms with Gasteiger partial charge in [0.1, 0.15) is 6.04 Å². The van der Waals surface area contributed by atoms with E-state index >= 15 is 0 Å². The van der Waals surface area contributed by atoms with Crippen LogP contribution in [0.4, 0.5) is 11.6 Å². The Morgan fingerprint density at radius 3 is 2.50 bits per heavy atom. The van der Waals surface area contributed by atoms with E-state index in [1.165, 1.54) is 28.2 Å². The lowest BCUT2D eigenvalue weighted by molar-refractivity contribution is -0.118. The summed E-state index contributed by atoms with van der Waals surface area (Å²) in [4.78, 5) is 13.1. The zero-order valence-corrected chi connectivity index (χ0v) is 20.9. The van der Waals surface area contributed by atoms with E-state index in [0.29, 0.717) is 34.7 Å². The van der Waals surface area contributed by atoms with Gasteiger partial charge in [-0.2, -0.15) is 4.31 Å². The third kappa shape index (κ3) is 5.22. The fraction of sp³-hybridized carbons (Fsp3) is 0.318. The minimum atomic E-state index is -3.51. The van der Waals surface area contributed by atoms with E-state index in [9.17, 15) is 13.2 Å². The van der Waals surface area contributed by atoms with Gasteiger partial charge in [-0.3, -0.25) is 9.36 Å². The highest BCUT2D eigenvalue weighted by Crippen LogP contribution is 2.29. The average molecular weight is 521 g/mol. The molecule has 9 nitrogen and oxygen atoms in total. The molecule has 1 unspecified atom stereocenters. The largest absolute Gasteiger partial charge is 0.368 e. The van der Waals surface area contributed by atoms with E-state index in [-0.39, 0.29) is 16.8 Å². The Kier molecular flexibility index (Phi) is 7.46. The monoisotopic (exact) mass is 520 g/mol. The summed E-state index contributed by atoms with van der Waals surface area (Å²) in [6.45, 7) is 2.77. The van der Waals surface area contributed by atoms with Crippen molar-refractivity contribution in [1.82, 2.24) is 19.1 Å². The first-order valence-corrected chi connectivity index (χ1v) is 13.6. The number of hydrogen-bond donors (Lipinski definition) is 2. The Morgan fingerprint density at radius 1 is 1.15 bits per heavy atom. The number of sulfonamides is 1. The molecule has 0 bridgehead atoms. The molecule has 2 aromatic carbocycles. The summed E-state index contributed by atoms with van der Waals surface area (Å²) < 4.78 is 28.4. The van der Waals surface area contributed by atoms with Crippen LogP contribution in [-0.4, -0.2) is 46.5 Å². The molecule has 1 atom stereocenters. The highest BCUT2D eigenvalue weighted by Gasteiger charge is 2.27. The van der Waals surface area contributed by atoms with Gasteiger partial charge in [0.25, 0.3) is 0 Å². The van der Waals surface area contributed by atoms with Crippen molar-refractivity contribution in [3.05, 3.63) is 59.1 Å². The van der Waals surface area contributed by atoms with Crippen molar-refractivity contribution in [3.63, 3.8) is 0 Å². The predicted octanol–water partition coefficient (Wildman–Crippen LogP) is 3.79. The van der Waals surface area contributed by atoms with E-state index < -0.39 is 16.1 Å². The van der Waals surface area contributed by atoms with Crippen molar-refractivity contribution in [1.29, 1.82) is 0 Å². The summed E-state index contributed by atoms with van der Waals surface area (Å²) in [6.07, 6.45) is 1.74. The van der Waals surface area contributed by atoms with Gasteiger partial charge in [0.2, 0.25) is 21.9 Å². The lowest BCUT2D eigenvalue weighted by Gasteiger charge is -2.17. The second-order valence-electron chi connectivity index (χ2n) is 7.89. The topological polar surface area (TPSA) is 123 Å². The number of nitrogens with zero attached hydrogens (tertiary/aromatic N) is 4. The van der Waals surface area contributed by atoms with Gasteiger partial charge in [0, 0.05) is 29.6 Å². The van der Waals surface area contributed by atoms with Crippen LogP contribution in [-0.2, 0) is 20.6 Å². The first-order chi connectivity index (χ1) is 16.3. The summed E-state index contributed by atoms with van der Waals surface area (Å²) in [7, 11) is -3.51. The summed E-state index contributed by atoms with van der Waals surface area (Å²) in [5, 5.41) is 12.0. The number of thioether (sulfide) groups is 1. The molecule has 1 aliphatic rings. The fourth-order valence-corrected chi connectivity index (χ4v) is 6.48. The van der Waals surface area contributed by atoms with E-state index in [4.69, 9.17) is 17.3 Å². The first kappa shape index (κ1) is 24.5. The molecule has 12 heteroatoms. The smallest absolute Gasteiger partial charge is 0.247 e. The van der Waals surface area contributed by atoms with Crippen LogP contribution in [0.1, 0.15) is 31.4 Å². The minimum absolute atomic E-state index is 0.122. The van der Waals surface area contributed by atoms with Gasteiger partial charge >= 0.3 is 0 Å². The second-order valence-corrected chi connectivity index (χ2v) is 11.2. The number of amides is 1. The molecule has 1 aromatic heterocycles. The number of nitrogens with one attached hydrogen (secondary N) is 1. The van der Waals surface area contributed by atoms with Crippen LogP contribution >= 0.6 is 23.4 Å². The van der Waals surface area contributed by atoms with Crippen molar-refractivity contribution >= 4 is 50.9 Å². The van der Waals surface area contributed by atoms with Gasteiger partial charge in [-0.1, -0.05) is 41.6 Å². The van der Waals surface area contributed by atoms with Gasteiger partial charge in [-0.25, -0.2) is 8.42 Å². The Bertz CT molecular complexity index is 1270. The molecular formula is C22H25ClN6O3S2. The third-order valence-electron chi connectivity index (χ3n) is 5.60. The van der Waals surface area contributed by atoms with Crippen molar-refractivity contribution in [2.45, 2.75) is 41.6 Å². The van der Waals surface area contributed by atoms with Crippen LogP contribution in [0.5, 0.6) is 0 Å². The number of nitrogen functional groups attached to an aromatic ring is 1. The summed E-state index contributed by atoms with van der Waals surface area (Å²) in [5.41, 5.74) is 7.41. The Morgan fingerprint density at radius 2 is 1.82 bits per heavy atom. The lowest BCUT2D eigenvalue weighted by Crippen LogP contribution is -2.28. The number of benzene rings is 2. The summed E-state index contributed by atoms with van der Waals surface area (Å²) in [5.74, 6) is 0.330. The van der Waals surface area contributed by atoms with Crippen LogP contribution in [0.3, 0.4) is 0 Å². The number of carbonyl (C=O) groups excluding carboxylic acids is 1. The molecule has 0 spiro atoms. The molecule has 180 valence electrons. The number of anilines is 2. The maximum absolute atomic E-state index is 12.9. The van der Waals surface area contributed by atoms with Crippen molar-refractivity contribution in [2.24, 2.45) is 0 Å².